The molecule has 1 aromatic carbocycles. The van der Waals surface area contributed by atoms with Crippen LogP contribution in [0, 0.1) is 6.92 Å². The molecule has 1 aliphatic rings. The summed E-state index contributed by atoms with van der Waals surface area (Å²) in [6.07, 6.45) is 1.24. The van der Waals surface area contributed by atoms with E-state index in [9.17, 15) is 0 Å². The maximum absolute atomic E-state index is 5.69. The van der Waals surface area contributed by atoms with E-state index in [1.807, 2.05) is 6.07 Å². The third-order valence-corrected chi connectivity index (χ3v) is 4.88. The Hall–Kier alpha value is -0.970. The second kappa shape index (κ2) is 7.34. The molecule has 0 radical (unpaired) electrons. The molecule has 1 fully saturated rings. The Morgan fingerprint density at radius 2 is 1.95 bits per heavy atom. The fourth-order valence-electron chi connectivity index (χ4n) is 2.89. The van der Waals surface area contributed by atoms with Crippen LogP contribution in [-0.4, -0.2) is 47.0 Å². The molecule has 1 aliphatic heterocycles. The highest BCUT2D eigenvalue weighted by molar-refractivity contribution is 7.80. The van der Waals surface area contributed by atoms with Gasteiger partial charge in [0, 0.05) is 44.3 Å². The molecule has 1 aromatic rings. The van der Waals surface area contributed by atoms with Gasteiger partial charge in [-0.15, -0.1) is 0 Å². The Morgan fingerprint density at radius 3 is 2.48 bits per heavy atom. The zero-order chi connectivity index (χ0) is 15.4. The lowest BCUT2D eigenvalue weighted by atomic mass is 10.0. The molecule has 2 rings (SSSR count). The molecular weight excluding hydrogens is 278 g/mol. The highest BCUT2D eigenvalue weighted by atomic mass is 32.1. The summed E-state index contributed by atoms with van der Waals surface area (Å²) in [5, 5.41) is 0. The maximum Gasteiger partial charge on any atom is 0.103 e. The van der Waals surface area contributed by atoms with Crippen LogP contribution in [0.25, 0.3) is 0 Å². The molecule has 0 spiro atoms. The molecule has 0 aliphatic carbocycles. The lowest BCUT2D eigenvalue weighted by Gasteiger charge is -2.38. The highest BCUT2D eigenvalue weighted by Crippen LogP contribution is 2.16. The minimum atomic E-state index is 0.479. The van der Waals surface area contributed by atoms with Gasteiger partial charge in [-0.05, 0) is 37.5 Å². The summed E-state index contributed by atoms with van der Waals surface area (Å²) in [6, 6.07) is 7.02. The maximum atomic E-state index is 5.69. The van der Waals surface area contributed by atoms with Gasteiger partial charge in [0.2, 0.25) is 0 Å². The van der Waals surface area contributed by atoms with Crippen LogP contribution < -0.4 is 5.73 Å². The van der Waals surface area contributed by atoms with Crippen LogP contribution >= 0.6 is 12.2 Å². The number of rotatable bonds is 5. The Kier molecular flexibility index (Phi) is 5.73. The van der Waals surface area contributed by atoms with Gasteiger partial charge in [-0.3, -0.25) is 9.80 Å². The fraction of sp³-hybridized carbons (Fsp3) is 0.588. The fourth-order valence-corrected chi connectivity index (χ4v) is 3.01. The van der Waals surface area contributed by atoms with Crippen molar-refractivity contribution in [2.75, 3.05) is 26.2 Å². The first-order valence-corrected chi connectivity index (χ1v) is 8.27. The van der Waals surface area contributed by atoms with Crippen molar-refractivity contribution in [3.05, 3.63) is 34.9 Å². The van der Waals surface area contributed by atoms with Crippen LogP contribution in [0.1, 0.15) is 37.0 Å². The summed E-state index contributed by atoms with van der Waals surface area (Å²) in [4.78, 5) is 5.62. The molecule has 21 heavy (non-hydrogen) atoms. The van der Waals surface area contributed by atoms with Gasteiger partial charge in [0.15, 0.2) is 0 Å². The summed E-state index contributed by atoms with van der Waals surface area (Å²) in [5.74, 6) is 0. The van der Waals surface area contributed by atoms with Gasteiger partial charge in [0.1, 0.15) is 4.99 Å². The predicted octanol–water partition coefficient (Wildman–Crippen LogP) is 2.55. The van der Waals surface area contributed by atoms with Gasteiger partial charge < -0.3 is 5.73 Å². The zero-order valence-corrected chi connectivity index (χ0v) is 14.2. The molecule has 1 unspecified atom stereocenters. The number of nitrogens with two attached hydrogens (primary N) is 1. The first kappa shape index (κ1) is 16.4. The molecule has 3 nitrogen and oxygen atoms in total. The molecule has 0 aromatic heterocycles. The van der Waals surface area contributed by atoms with Crippen LogP contribution in [0.2, 0.25) is 0 Å². The van der Waals surface area contributed by atoms with E-state index in [1.54, 1.807) is 0 Å². The second-order valence-electron chi connectivity index (χ2n) is 6.07. The number of benzene rings is 1. The molecule has 116 valence electrons. The van der Waals surface area contributed by atoms with Gasteiger partial charge in [0.05, 0.1) is 0 Å². The van der Waals surface area contributed by atoms with Crippen LogP contribution in [0.4, 0.5) is 0 Å². The Balaban J connectivity index is 1.93. The summed E-state index contributed by atoms with van der Waals surface area (Å²) in [5.41, 5.74) is 9.32. The lowest BCUT2D eigenvalue weighted by Crippen LogP contribution is -2.49. The Bertz CT molecular complexity index is 493. The van der Waals surface area contributed by atoms with E-state index >= 15 is 0 Å². The van der Waals surface area contributed by atoms with Crippen molar-refractivity contribution in [3.63, 3.8) is 0 Å². The van der Waals surface area contributed by atoms with E-state index < -0.39 is 0 Å². The molecule has 1 atom stereocenters. The quantitative estimate of drug-likeness (QED) is 0.848. The van der Waals surface area contributed by atoms with Crippen LogP contribution in [-0.2, 0) is 6.54 Å². The van der Waals surface area contributed by atoms with Crippen LogP contribution in [0.5, 0.6) is 0 Å². The number of piperazine rings is 1. The third-order valence-electron chi connectivity index (χ3n) is 4.64. The molecule has 4 heteroatoms. The zero-order valence-electron chi connectivity index (χ0n) is 13.4. The molecule has 0 bridgehead atoms. The minimum absolute atomic E-state index is 0.479. The summed E-state index contributed by atoms with van der Waals surface area (Å²) < 4.78 is 0. The van der Waals surface area contributed by atoms with E-state index in [2.05, 4.69) is 42.7 Å². The first-order chi connectivity index (χ1) is 10.0. The number of nitrogens with zero attached hydrogens (tertiary/aromatic N) is 2. The van der Waals surface area contributed by atoms with Crippen LogP contribution in [0.3, 0.4) is 0 Å². The van der Waals surface area contributed by atoms with E-state index in [1.165, 1.54) is 30.6 Å². The minimum Gasteiger partial charge on any atom is -0.389 e. The monoisotopic (exact) mass is 305 g/mol. The van der Waals surface area contributed by atoms with Crippen molar-refractivity contribution in [1.82, 2.24) is 9.80 Å². The van der Waals surface area contributed by atoms with Crippen molar-refractivity contribution in [3.8, 4) is 0 Å². The van der Waals surface area contributed by atoms with Gasteiger partial charge in [0.25, 0.3) is 0 Å². The SMILES string of the molecule is CCC(C)N1CCN(Cc2ccc(C(N)=S)cc2C)CC1. The number of hydrogen-bond acceptors (Lipinski definition) is 3. The number of aryl methyl sites for hydroxylation is 1. The molecule has 0 saturated carbocycles. The van der Waals surface area contributed by atoms with E-state index in [4.69, 9.17) is 18.0 Å². The lowest BCUT2D eigenvalue weighted by molar-refractivity contribution is 0.0962. The average molecular weight is 305 g/mol. The van der Waals surface area contributed by atoms with Gasteiger partial charge in [-0.2, -0.15) is 0 Å². The van der Waals surface area contributed by atoms with Gasteiger partial charge >= 0.3 is 0 Å². The summed E-state index contributed by atoms with van der Waals surface area (Å²) >= 11 is 5.04. The van der Waals surface area contributed by atoms with E-state index in [0.717, 1.165) is 25.2 Å². The smallest absolute Gasteiger partial charge is 0.103 e. The van der Waals surface area contributed by atoms with E-state index in [-0.39, 0.29) is 0 Å². The van der Waals surface area contributed by atoms with Crippen molar-refractivity contribution < 1.29 is 0 Å². The van der Waals surface area contributed by atoms with Gasteiger partial charge in [-0.25, -0.2) is 0 Å². The van der Waals surface area contributed by atoms with Gasteiger partial charge in [-0.1, -0.05) is 31.3 Å². The third kappa shape index (κ3) is 4.25. The van der Waals surface area contributed by atoms with Crippen molar-refractivity contribution in [1.29, 1.82) is 0 Å². The number of hydrogen-bond donors (Lipinski definition) is 1. The Morgan fingerprint density at radius 1 is 1.29 bits per heavy atom. The normalized spacial score (nSPS) is 18.6. The standard InChI is InChI=1S/C17H27N3S/c1-4-14(3)20-9-7-19(8-10-20)12-16-6-5-15(17(18)21)11-13(16)2/h5-6,11,14H,4,7-10,12H2,1-3H3,(H2,18,21). The summed E-state index contributed by atoms with van der Waals surface area (Å²) in [7, 11) is 0. The highest BCUT2D eigenvalue weighted by Gasteiger charge is 2.20. The molecule has 0 amide bonds. The summed E-state index contributed by atoms with van der Waals surface area (Å²) in [6.45, 7) is 12.4. The van der Waals surface area contributed by atoms with Crippen molar-refractivity contribution in [2.24, 2.45) is 5.73 Å². The molecular formula is C17H27N3S. The van der Waals surface area contributed by atoms with Crippen molar-refractivity contribution >= 4 is 17.2 Å². The topological polar surface area (TPSA) is 32.5 Å². The second-order valence-corrected chi connectivity index (χ2v) is 6.51. The number of thiocarbonyl (C=S) groups is 1. The Labute approximate surface area is 134 Å². The largest absolute Gasteiger partial charge is 0.389 e. The molecule has 2 N–H and O–H groups in total. The first-order valence-electron chi connectivity index (χ1n) is 7.87. The predicted molar refractivity (Wildman–Crippen MR) is 93.7 cm³/mol. The average Bonchev–Trinajstić information content (AvgIpc) is 2.49. The van der Waals surface area contributed by atoms with E-state index in [0.29, 0.717) is 11.0 Å². The molecule has 1 saturated heterocycles. The molecule has 1 heterocycles. The van der Waals surface area contributed by atoms with Crippen LogP contribution in [0.15, 0.2) is 18.2 Å². The van der Waals surface area contributed by atoms with Crippen molar-refractivity contribution in [2.45, 2.75) is 39.8 Å².